The van der Waals surface area contributed by atoms with E-state index in [-0.39, 0.29) is 11.5 Å². The molecule has 0 aliphatic heterocycles. The van der Waals surface area contributed by atoms with E-state index >= 15 is 0 Å². The Kier molecular flexibility index (Phi) is 8.74. The van der Waals surface area contributed by atoms with Gasteiger partial charge in [0.15, 0.2) is 0 Å². The molecule has 50 heavy (non-hydrogen) atoms. The van der Waals surface area contributed by atoms with E-state index in [2.05, 4.69) is 0 Å². The Hall–Kier alpha value is -6.42. The first-order chi connectivity index (χ1) is 24.4. The number of hydrogen-bond acceptors (Lipinski definition) is 8. The second-order valence-corrected chi connectivity index (χ2v) is 11.4. The van der Waals surface area contributed by atoms with Gasteiger partial charge >= 0.3 is 11.9 Å². The van der Waals surface area contributed by atoms with Gasteiger partial charge in [-0.3, -0.25) is 0 Å². The molecule has 0 fully saturated rings. The summed E-state index contributed by atoms with van der Waals surface area (Å²) in [5, 5.41) is 0. The number of esters is 2. The van der Waals surface area contributed by atoms with Crippen molar-refractivity contribution in [3.05, 3.63) is 120 Å². The third-order valence-corrected chi connectivity index (χ3v) is 8.53. The van der Waals surface area contributed by atoms with Gasteiger partial charge in [0, 0.05) is 25.2 Å². The molecule has 0 bridgehead atoms. The normalized spacial score (nSPS) is 11.1. The fraction of sp³-hybridized carbons (Fsp3) is 0.150. The van der Waals surface area contributed by atoms with E-state index in [1.165, 1.54) is 0 Å². The van der Waals surface area contributed by atoms with Gasteiger partial charge in [-0.1, -0.05) is 36.4 Å². The monoisotopic (exact) mass is 666 g/mol. The molecular formula is C40H34N4O6. The van der Waals surface area contributed by atoms with Crippen LogP contribution in [0.25, 0.3) is 44.8 Å². The Morgan fingerprint density at radius 2 is 1.04 bits per heavy atom. The Bertz CT molecular complexity index is 2280. The van der Waals surface area contributed by atoms with Crippen LogP contribution in [0.1, 0.15) is 34.6 Å². The molecule has 2 aromatic heterocycles. The van der Waals surface area contributed by atoms with Crippen LogP contribution in [0.5, 0.6) is 23.0 Å². The lowest BCUT2D eigenvalue weighted by Crippen LogP contribution is -2.13. The summed E-state index contributed by atoms with van der Waals surface area (Å²) in [5.41, 5.74) is 4.75. The fourth-order valence-corrected chi connectivity index (χ4v) is 6.06. The smallest absolute Gasteiger partial charge is 0.343 e. The van der Waals surface area contributed by atoms with Gasteiger partial charge in [-0.25, -0.2) is 19.6 Å². The quantitative estimate of drug-likeness (QED) is 0.106. The molecule has 7 rings (SSSR count). The summed E-state index contributed by atoms with van der Waals surface area (Å²) >= 11 is 0. The molecule has 10 heteroatoms. The summed E-state index contributed by atoms with van der Waals surface area (Å²) in [6.45, 7) is 5.10. The van der Waals surface area contributed by atoms with Crippen LogP contribution in [0.2, 0.25) is 0 Å². The van der Waals surface area contributed by atoms with Crippen molar-refractivity contribution in [2.45, 2.75) is 26.9 Å². The van der Waals surface area contributed by atoms with E-state index < -0.39 is 11.9 Å². The molecular weight excluding hydrogens is 632 g/mol. The molecule has 0 atom stereocenters. The number of aromatic nitrogens is 4. The van der Waals surface area contributed by atoms with Crippen LogP contribution in [-0.4, -0.2) is 45.3 Å². The van der Waals surface area contributed by atoms with Gasteiger partial charge in [0.25, 0.3) is 0 Å². The van der Waals surface area contributed by atoms with Crippen LogP contribution in [0, 0.1) is 0 Å². The Balaban J connectivity index is 1.50. The van der Waals surface area contributed by atoms with E-state index in [4.69, 9.17) is 28.9 Å². The predicted molar refractivity (Wildman–Crippen MR) is 191 cm³/mol. The molecule has 0 radical (unpaired) electrons. The van der Waals surface area contributed by atoms with Gasteiger partial charge < -0.3 is 28.1 Å². The van der Waals surface area contributed by atoms with Crippen molar-refractivity contribution >= 4 is 34.0 Å². The lowest BCUT2D eigenvalue weighted by Gasteiger charge is -2.17. The van der Waals surface area contributed by atoms with Gasteiger partial charge in [-0.2, -0.15) is 0 Å². The molecule has 0 saturated heterocycles. The van der Waals surface area contributed by atoms with Crippen LogP contribution in [-0.2, 0) is 13.1 Å². The standard InChI is InChI=1S/C40H34N4O6/c1-5-43-33-20-18-27(47-3)21-32(33)42-38(43)30-24-35(49-39(45)25-13-9-7-10-14-25)29(23-36(30)50-40(46)26-15-11-8-12-16-26)37-41-31-19-17-28(48-4)22-34(31)44(37)6-2/h7-24H,5-6H2,1-4H3. The van der Waals surface area contributed by atoms with Crippen molar-refractivity contribution in [2.75, 3.05) is 14.2 Å². The summed E-state index contributed by atoms with van der Waals surface area (Å²) in [6, 6.07) is 32.2. The number of carbonyl (C=O) groups is 2. The van der Waals surface area contributed by atoms with E-state index in [1.807, 2.05) is 71.5 Å². The van der Waals surface area contributed by atoms with Crippen molar-refractivity contribution in [3.63, 3.8) is 0 Å². The van der Waals surface area contributed by atoms with Crippen LogP contribution >= 0.6 is 0 Å². The number of carbonyl (C=O) groups excluding carboxylic acids is 2. The highest BCUT2D eigenvalue weighted by Crippen LogP contribution is 2.43. The first-order valence-corrected chi connectivity index (χ1v) is 16.2. The number of methoxy groups -OCH3 is 2. The molecule has 0 saturated carbocycles. The Labute approximate surface area is 288 Å². The Morgan fingerprint density at radius 3 is 1.56 bits per heavy atom. The molecule has 0 unspecified atom stereocenters. The molecule has 7 aromatic rings. The minimum Gasteiger partial charge on any atom is -0.497 e. The number of benzene rings is 5. The van der Waals surface area contributed by atoms with Gasteiger partial charge in [0.1, 0.15) is 34.6 Å². The van der Waals surface area contributed by atoms with Crippen molar-refractivity contribution in [1.29, 1.82) is 0 Å². The van der Waals surface area contributed by atoms with Crippen molar-refractivity contribution in [3.8, 4) is 45.8 Å². The SMILES string of the molecule is CCn1c(-c2cc(OC(=O)c3ccccc3)c(-c3nc4ccc(OC)cc4n3CC)cc2OC(=O)c2ccccc2)nc2cc(OC)ccc21. The summed E-state index contributed by atoms with van der Waals surface area (Å²) in [6.07, 6.45) is 0. The fourth-order valence-electron chi connectivity index (χ4n) is 6.06. The molecule has 250 valence electrons. The summed E-state index contributed by atoms with van der Waals surface area (Å²) in [4.78, 5) is 37.3. The Morgan fingerprint density at radius 1 is 0.560 bits per heavy atom. The number of ether oxygens (including phenoxy) is 4. The zero-order valence-corrected chi connectivity index (χ0v) is 28.0. The first-order valence-electron chi connectivity index (χ1n) is 16.2. The van der Waals surface area contributed by atoms with Crippen molar-refractivity contribution in [2.24, 2.45) is 0 Å². The number of imidazole rings is 2. The van der Waals surface area contributed by atoms with Gasteiger partial charge in [-0.05, 0) is 74.5 Å². The van der Waals surface area contributed by atoms with Crippen molar-refractivity contribution in [1.82, 2.24) is 19.1 Å². The van der Waals surface area contributed by atoms with Gasteiger partial charge in [0.05, 0.1) is 58.5 Å². The number of fused-ring (bicyclic) bond motifs is 2. The third kappa shape index (κ3) is 5.92. The lowest BCUT2D eigenvalue weighted by atomic mass is 10.1. The highest BCUT2D eigenvalue weighted by molar-refractivity contribution is 5.96. The molecule has 0 N–H and O–H groups in total. The van der Waals surface area contributed by atoms with E-state index in [1.54, 1.807) is 74.9 Å². The summed E-state index contributed by atoms with van der Waals surface area (Å²) in [5.74, 6) is 1.70. The maximum atomic E-state index is 13.7. The van der Waals surface area contributed by atoms with Crippen molar-refractivity contribution < 1.29 is 28.5 Å². The first kappa shape index (κ1) is 32.1. The largest absolute Gasteiger partial charge is 0.497 e. The second-order valence-electron chi connectivity index (χ2n) is 11.4. The minimum atomic E-state index is -0.554. The maximum Gasteiger partial charge on any atom is 0.343 e. The van der Waals surface area contributed by atoms with E-state index in [0.717, 1.165) is 16.6 Å². The van der Waals surface area contributed by atoms with Crippen LogP contribution in [0.4, 0.5) is 0 Å². The predicted octanol–water partition coefficient (Wildman–Crippen LogP) is 8.22. The molecule has 0 aliphatic carbocycles. The topological polar surface area (TPSA) is 107 Å². The number of rotatable bonds is 10. The molecule has 0 spiro atoms. The minimum absolute atomic E-state index is 0.220. The molecule has 0 amide bonds. The molecule has 10 nitrogen and oxygen atoms in total. The highest BCUT2D eigenvalue weighted by atomic mass is 16.5. The summed E-state index contributed by atoms with van der Waals surface area (Å²) < 4.78 is 27.4. The van der Waals surface area contributed by atoms with Crippen LogP contribution in [0.3, 0.4) is 0 Å². The number of aryl methyl sites for hydroxylation is 2. The summed E-state index contributed by atoms with van der Waals surface area (Å²) in [7, 11) is 3.22. The molecule has 5 aromatic carbocycles. The zero-order chi connectivity index (χ0) is 34.8. The average Bonchev–Trinajstić information content (AvgIpc) is 3.72. The third-order valence-electron chi connectivity index (χ3n) is 8.53. The average molecular weight is 667 g/mol. The van der Waals surface area contributed by atoms with Crippen LogP contribution < -0.4 is 18.9 Å². The molecule has 0 aliphatic rings. The van der Waals surface area contributed by atoms with E-state index in [0.29, 0.717) is 64.0 Å². The van der Waals surface area contributed by atoms with Gasteiger partial charge in [0.2, 0.25) is 0 Å². The zero-order valence-electron chi connectivity index (χ0n) is 28.0. The number of nitrogens with zero attached hydrogens (tertiary/aromatic N) is 4. The molecule has 2 heterocycles. The number of hydrogen-bond donors (Lipinski definition) is 0. The second kappa shape index (κ2) is 13.6. The highest BCUT2D eigenvalue weighted by Gasteiger charge is 2.26. The van der Waals surface area contributed by atoms with E-state index in [9.17, 15) is 9.59 Å². The maximum absolute atomic E-state index is 13.7. The van der Waals surface area contributed by atoms with Crippen LogP contribution in [0.15, 0.2) is 109 Å². The lowest BCUT2D eigenvalue weighted by molar-refractivity contribution is 0.0720. The van der Waals surface area contributed by atoms with Gasteiger partial charge in [-0.15, -0.1) is 0 Å².